The highest BCUT2D eigenvalue weighted by molar-refractivity contribution is 7.91. The van der Waals surface area contributed by atoms with Crippen molar-refractivity contribution in [1.29, 1.82) is 0 Å². The van der Waals surface area contributed by atoms with Gasteiger partial charge in [-0.25, -0.2) is 13.2 Å². The van der Waals surface area contributed by atoms with Gasteiger partial charge in [-0.1, -0.05) is 13.8 Å². The summed E-state index contributed by atoms with van der Waals surface area (Å²) < 4.78 is 32.9. The fourth-order valence-corrected chi connectivity index (χ4v) is 4.42. The number of nitro groups is 1. The number of esters is 1. The van der Waals surface area contributed by atoms with Crippen molar-refractivity contribution in [3.8, 4) is 0 Å². The van der Waals surface area contributed by atoms with Gasteiger partial charge in [-0.3, -0.25) is 14.9 Å². The molecule has 1 aromatic rings. The zero-order valence-corrected chi connectivity index (χ0v) is 15.2. The zero-order valence-electron chi connectivity index (χ0n) is 14.4. The second-order valence-corrected chi connectivity index (χ2v) is 8.70. The monoisotopic (exact) mass is 388 g/mol. The Labute approximate surface area is 150 Å². The normalized spacial score (nSPS) is 18.7. The molecule has 0 spiro atoms. The molecule has 1 aliphatic heterocycles. The molecule has 1 aromatic heterocycles. The van der Waals surface area contributed by atoms with E-state index in [9.17, 15) is 28.1 Å². The third kappa shape index (κ3) is 5.04. The van der Waals surface area contributed by atoms with Gasteiger partial charge in [-0.05, 0) is 18.4 Å². The quantitative estimate of drug-likeness (QED) is 0.383. The third-order valence-corrected chi connectivity index (χ3v) is 5.58. The van der Waals surface area contributed by atoms with E-state index in [0.29, 0.717) is 13.0 Å². The minimum absolute atomic E-state index is 0.0232. The molecule has 0 bridgehead atoms. The Morgan fingerprint density at radius 3 is 2.62 bits per heavy atom. The minimum atomic E-state index is -3.17. The summed E-state index contributed by atoms with van der Waals surface area (Å²) in [6, 6.07) is 1.64. The summed E-state index contributed by atoms with van der Waals surface area (Å²) in [4.78, 5) is 35.5. The highest BCUT2D eigenvalue weighted by Crippen LogP contribution is 2.20. The van der Waals surface area contributed by atoms with Gasteiger partial charge in [0.15, 0.2) is 16.4 Å². The smallest absolute Gasteiger partial charge is 0.433 e. The molecule has 0 N–H and O–H groups in total. The first kappa shape index (κ1) is 19.9. The summed E-state index contributed by atoms with van der Waals surface area (Å²) in [5, 5.41) is 10.5. The van der Waals surface area contributed by atoms with Gasteiger partial charge in [0.2, 0.25) is 5.76 Å². The number of rotatable bonds is 7. The lowest BCUT2D eigenvalue weighted by atomic mass is 10.1. The highest BCUT2D eigenvalue weighted by atomic mass is 32.2. The molecule has 0 saturated carbocycles. The van der Waals surface area contributed by atoms with E-state index < -0.39 is 45.2 Å². The van der Waals surface area contributed by atoms with E-state index in [2.05, 4.69) is 0 Å². The molecule has 0 radical (unpaired) electrons. The molecule has 2 rings (SSSR count). The van der Waals surface area contributed by atoms with Gasteiger partial charge in [0.25, 0.3) is 5.91 Å². The average Bonchev–Trinajstić information content (AvgIpc) is 3.16. The SMILES string of the molecule is CC(C)CN(C(=O)COC(=O)c1ccc([N+](=O)[O-])o1)C1CCS(=O)(=O)C1. The van der Waals surface area contributed by atoms with Crippen molar-refractivity contribution in [1.82, 2.24) is 4.90 Å². The van der Waals surface area contributed by atoms with E-state index in [1.54, 1.807) is 0 Å². The molecule has 1 saturated heterocycles. The van der Waals surface area contributed by atoms with Crippen LogP contribution < -0.4 is 0 Å². The lowest BCUT2D eigenvalue weighted by Crippen LogP contribution is -2.45. The Bertz CT molecular complexity index is 798. The minimum Gasteiger partial charge on any atom is -0.450 e. The fourth-order valence-electron chi connectivity index (χ4n) is 2.69. The summed E-state index contributed by atoms with van der Waals surface area (Å²) in [6.45, 7) is 3.51. The van der Waals surface area contributed by atoms with Crippen LogP contribution in [0.1, 0.15) is 30.8 Å². The summed E-state index contributed by atoms with van der Waals surface area (Å²) in [7, 11) is -3.17. The number of ether oxygens (including phenoxy) is 1. The van der Waals surface area contributed by atoms with Crippen molar-refractivity contribution in [3.63, 3.8) is 0 Å². The average molecular weight is 388 g/mol. The van der Waals surface area contributed by atoms with Gasteiger partial charge in [0.1, 0.15) is 4.92 Å². The Balaban J connectivity index is 1.99. The molecule has 1 atom stereocenters. The maximum Gasteiger partial charge on any atom is 0.433 e. The summed E-state index contributed by atoms with van der Waals surface area (Å²) in [5.74, 6) is -2.50. The molecular weight excluding hydrogens is 368 g/mol. The van der Waals surface area contributed by atoms with Gasteiger partial charge in [0.05, 0.1) is 17.6 Å². The van der Waals surface area contributed by atoms with Crippen molar-refractivity contribution in [2.24, 2.45) is 5.92 Å². The van der Waals surface area contributed by atoms with Crippen molar-refractivity contribution in [2.45, 2.75) is 26.3 Å². The zero-order chi connectivity index (χ0) is 19.5. The van der Waals surface area contributed by atoms with E-state index in [1.165, 1.54) is 4.90 Å². The molecule has 1 aliphatic rings. The summed E-state index contributed by atoms with van der Waals surface area (Å²) in [5.41, 5.74) is 0. The van der Waals surface area contributed by atoms with Gasteiger partial charge in [-0.2, -0.15) is 0 Å². The van der Waals surface area contributed by atoms with Gasteiger partial charge < -0.3 is 14.1 Å². The van der Waals surface area contributed by atoms with E-state index in [1.807, 2.05) is 13.8 Å². The van der Waals surface area contributed by atoms with Crippen LogP contribution in [0, 0.1) is 16.0 Å². The van der Waals surface area contributed by atoms with Gasteiger partial charge >= 0.3 is 11.9 Å². The molecule has 11 heteroatoms. The lowest BCUT2D eigenvalue weighted by Gasteiger charge is -2.29. The molecule has 0 aliphatic carbocycles. The predicted octanol–water partition coefficient (Wildman–Crippen LogP) is 1.02. The van der Waals surface area contributed by atoms with Crippen molar-refractivity contribution in [2.75, 3.05) is 24.7 Å². The number of carbonyl (C=O) groups is 2. The number of hydrogen-bond acceptors (Lipinski definition) is 8. The maximum atomic E-state index is 12.4. The summed E-state index contributed by atoms with van der Waals surface area (Å²) >= 11 is 0. The Morgan fingerprint density at radius 2 is 2.12 bits per heavy atom. The van der Waals surface area contributed by atoms with Crippen LogP contribution in [0.15, 0.2) is 16.5 Å². The molecule has 26 heavy (non-hydrogen) atoms. The summed E-state index contributed by atoms with van der Waals surface area (Å²) in [6.07, 6.45) is 0.346. The van der Waals surface area contributed by atoms with E-state index in [4.69, 9.17) is 9.15 Å². The van der Waals surface area contributed by atoms with Crippen LogP contribution in [0.25, 0.3) is 0 Å². The molecule has 0 aromatic carbocycles. The second-order valence-electron chi connectivity index (χ2n) is 6.47. The first-order valence-electron chi connectivity index (χ1n) is 8.00. The van der Waals surface area contributed by atoms with Crippen LogP contribution in [-0.2, 0) is 19.4 Å². The van der Waals surface area contributed by atoms with Crippen LogP contribution in [-0.4, -0.2) is 60.8 Å². The van der Waals surface area contributed by atoms with Gasteiger partial charge in [-0.15, -0.1) is 0 Å². The third-order valence-electron chi connectivity index (χ3n) is 3.83. The lowest BCUT2D eigenvalue weighted by molar-refractivity contribution is -0.402. The number of carbonyl (C=O) groups excluding carboxylic acids is 2. The molecule has 1 fully saturated rings. The molecule has 2 heterocycles. The van der Waals surface area contributed by atoms with E-state index in [0.717, 1.165) is 12.1 Å². The second kappa shape index (κ2) is 7.85. The number of nitrogens with zero attached hydrogens (tertiary/aromatic N) is 2. The molecule has 144 valence electrons. The number of sulfone groups is 1. The molecule has 10 nitrogen and oxygen atoms in total. The van der Waals surface area contributed by atoms with Crippen LogP contribution >= 0.6 is 0 Å². The number of furan rings is 1. The fraction of sp³-hybridized carbons (Fsp3) is 0.600. The Morgan fingerprint density at radius 1 is 1.42 bits per heavy atom. The molecule has 1 amide bonds. The highest BCUT2D eigenvalue weighted by Gasteiger charge is 2.35. The van der Waals surface area contributed by atoms with Gasteiger partial charge in [0, 0.05) is 12.6 Å². The van der Waals surface area contributed by atoms with Crippen LogP contribution in [0.5, 0.6) is 0 Å². The first-order chi connectivity index (χ1) is 12.1. The van der Waals surface area contributed by atoms with E-state index in [-0.39, 0.29) is 23.2 Å². The predicted molar refractivity (Wildman–Crippen MR) is 89.3 cm³/mol. The standard InChI is InChI=1S/C15H20N2O8S/c1-10(2)7-16(11-5-6-26(22,23)9-11)13(18)8-24-15(19)12-3-4-14(25-12)17(20)21/h3-4,10-11H,5-9H2,1-2H3. The number of hydrogen-bond donors (Lipinski definition) is 0. The van der Waals surface area contributed by atoms with Crippen LogP contribution in [0.4, 0.5) is 5.88 Å². The molecule has 1 unspecified atom stereocenters. The largest absolute Gasteiger partial charge is 0.450 e. The number of amides is 1. The van der Waals surface area contributed by atoms with Crippen molar-refractivity contribution < 1.29 is 32.1 Å². The topological polar surface area (TPSA) is 137 Å². The van der Waals surface area contributed by atoms with Crippen molar-refractivity contribution in [3.05, 3.63) is 28.0 Å². The van der Waals surface area contributed by atoms with Crippen LogP contribution in [0.2, 0.25) is 0 Å². The Hall–Kier alpha value is -2.43. The van der Waals surface area contributed by atoms with Crippen LogP contribution in [0.3, 0.4) is 0 Å². The van der Waals surface area contributed by atoms with E-state index >= 15 is 0 Å². The first-order valence-corrected chi connectivity index (χ1v) is 9.82. The van der Waals surface area contributed by atoms with Crippen molar-refractivity contribution >= 4 is 27.6 Å². The molecular formula is C15H20N2O8S. The Kier molecular flexibility index (Phi) is 6.01. The maximum absolute atomic E-state index is 12.4.